The lowest BCUT2D eigenvalue weighted by atomic mass is 10.1. The van der Waals surface area contributed by atoms with Crippen LogP contribution in [0.25, 0.3) is 11.3 Å². The maximum absolute atomic E-state index is 6.06. The third kappa shape index (κ3) is 2.56. The number of hydrogen-bond acceptors (Lipinski definition) is 4. The maximum atomic E-state index is 6.06. The summed E-state index contributed by atoms with van der Waals surface area (Å²) >= 11 is 6.06. The van der Waals surface area contributed by atoms with Crippen molar-refractivity contribution in [1.29, 1.82) is 0 Å². The molecule has 1 aromatic carbocycles. The van der Waals surface area contributed by atoms with E-state index in [1.54, 1.807) is 7.11 Å². The number of ether oxygens (including phenoxy) is 1. The topological polar surface area (TPSA) is 47.0 Å². The second kappa shape index (κ2) is 5.29. The van der Waals surface area contributed by atoms with E-state index in [0.29, 0.717) is 16.7 Å². The summed E-state index contributed by atoms with van der Waals surface area (Å²) in [6, 6.07) is 7.62. The van der Waals surface area contributed by atoms with Gasteiger partial charge >= 0.3 is 0 Å². The van der Waals surface area contributed by atoms with E-state index in [0.717, 1.165) is 22.9 Å². The molecule has 0 saturated heterocycles. The van der Waals surface area contributed by atoms with Crippen LogP contribution < -0.4 is 10.1 Å². The van der Waals surface area contributed by atoms with Gasteiger partial charge in [-0.05, 0) is 25.0 Å². The van der Waals surface area contributed by atoms with Crippen LogP contribution in [-0.2, 0) is 0 Å². The first-order valence-corrected chi connectivity index (χ1v) is 6.99. The van der Waals surface area contributed by atoms with Gasteiger partial charge in [0.2, 0.25) is 0 Å². The normalized spacial score (nSPS) is 14.2. The highest BCUT2D eigenvalue weighted by Gasteiger charge is 2.27. The number of halogens is 1. The first kappa shape index (κ1) is 13.2. The summed E-state index contributed by atoms with van der Waals surface area (Å²) in [5, 5.41) is 3.69. The molecule has 1 aromatic heterocycles. The Hall–Kier alpha value is -1.81. The fourth-order valence-corrected chi connectivity index (χ4v) is 2.28. The number of rotatable bonds is 4. The number of benzene rings is 1. The van der Waals surface area contributed by atoms with Crippen molar-refractivity contribution in [3.05, 3.63) is 35.1 Å². The minimum Gasteiger partial charge on any atom is -0.495 e. The van der Waals surface area contributed by atoms with Crippen LogP contribution in [0, 0.1) is 0 Å². The first-order chi connectivity index (χ1) is 9.71. The molecule has 0 unspecified atom stereocenters. The van der Waals surface area contributed by atoms with E-state index in [4.69, 9.17) is 16.3 Å². The van der Waals surface area contributed by atoms with Crippen LogP contribution in [-0.4, -0.2) is 24.1 Å². The zero-order chi connectivity index (χ0) is 14.1. The molecule has 20 heavy (non-hydrogen) atoms. The molecule has 0 amide bonds. The molecule has 0 radical (unpaired) electrons. The summed E-state index contributed by atoms with van der Waals surface area (Å²) in [5.74, 6) is 2.92. The lowest BCUT2D eigenvalue weighted by Crippen LogP contribution is -2.00. The molecule has 1 aliphatic carbocycles. The third-order valence-corrected chi connectivity index (χ3v) is 3.70. The van der Waals surface area contributed by atoms with E-state index in [2.05, 4.69) is 15.3 Å². The van der Waals surface area contributed by atoms with E-state index in [-0.39, 0.29) is 0 Å². The minimum atomic E-state index is 0.510. The van der Waals surface area contributed by atoms with Crippen LogP contribution in [0.3, 0.4) is 0 Å². The van der Waals surface area contributed by atoms with Crippen LogP contribution in [0.2, 0.25) is 5.02 Å². The maximum Gasteiger partial charge on any atom is 0.138 e. The summed E-state index contributed by atoms with van der Waals surface area (Å²) < 4.78 is 5.26. The van der Waals surface area contributed by atoms with Crippen molar-refractivity contribution in [2.24, 2.45) is 0 Å². The van der Waals surface area contributed by atoms with E-state index < -0.39 is 0 Å². The average molecular weight is 290 g/mol. The molecule has 1 fully saturated rings. The van der Waals surface area contributed by atoms with Gasteiger partial charge in [-0.3, -0.25) is 0 Å². The molecule has 1 N–H and O–H groups in total. The quantitative estimate of drug-likeness (QED) is 0.932. The molecule has 104 valence electrons. The van der Waals surface area contributed by atoms with Crippen molar-refractivity contribution < 1.29 is 4.74 Å². The monoisotopic (exact) mass is 289 g/mol. The Balaban J connectivity index is 2.06. The summed E-state index contributed by atoms with van der Waals surface area (Å²) in [6.45, 7) is 0. The van der Waals surface area contributed by atoms with E-state index >= 15 is 0 Å². The molecule has 2 aromatic rings. The van der Waals surface area contributed by atoms with Crippen molar-refractivity contribution in [3.63, 3.8) is 0 Å². The fourth-order valence-electron chi connectivity index (χ4n) is 2.09. The Morgan fingerprint density at radius 3 is 2.70 bits per heavy atom. The van der Waals surface area contributed by atoms with Gasteiger partial charge in [0.15, 0.2) is 0 Å². The highest BCUT2D eigenvalue weighted by atomic mass is 35.5. The Labute approximate surface area is 123 Å². The standard InChI is InChI=1S/C15H16ClN3O/c1-17-14-8-12(18-15(19-14)9-3-4-9)10-5-6-11(16)13(7-10)20-2/h5-9H,3-4H2,1-2H3,(H,17,18,19). The fraction of sp³-hybridized carbons (Fsp3) is 0.333. The number of nitrogens with zero attached hydrogens (tertiary/aromatic N) is 2. The summed E-state index contributed by atoms with van der Waals surface area (Å²) in [7, 11) is 3.48. The van der Waals surface area contributed by atoms with Crippen molar-refractivity contribution >= 4 is 17.4 Å². The Morgan fingerprint density at radius 2 is 2.05 bits per heavy atom. The number of nitrogens with one attached hydrogen (secondary N) is 1. The highest BCUT2D eigenvalue weighted by molar-refractivity contribution is 6.32. The zero-order valence-electron chi connectivity index (χ0n) is 11.5. The zero-order valence-corrected chi connectivity index (χ0v) is 12.2. The smallest absolute Gasteiger partial charge is 0.138 e. The second-order valence-corrected chi connectivity index (χ2v) is 5.28. The van der Waals surface area contributed by atoms with Gasteiger partial charge in [0, 0.05) is 24.6 Å². The largest absolute Gasteiger partial charge is 0.495 e. The number of anilines is 1. The van der Waals surface area contributed by atoms with Crippen LogP contribution in [0.15, 0.2) is 24.3 Å². The Morgan fingerprint density at radius 1 is 1.25 bits per heavy atom. The van der Waals surface area contributed by atoms with Crippen molar-refractivity contribution in [3.8, 4) is 17.0 Å². The van der Waals surface area contributed by atoms with Gasteiger partial charge in [0.1, 0.15) is 17.4 Å². The van der Waals surface area contributed by atoms with E-state index in [1.807, 2.05) is 31.3 Å². The second-order valence-electron chi connectivity index (χ2n) is 4.87. The van der Waals surface area contributed by atoms with Gasteiger partial charge in [-0.25, -0.2) is 9.97 Å². The molecule has 0 bridgehead atoms. The molecule has 5 heteroatoms. The molecule has 0 atom stereocenters. The molecule has 1 heterocycles. The molecule has 1 aliphatic rings. The van der Waals surface area contributed by atoms with Gasteiger partial charge in [0.05, 0.1) is 17.8 Å². The Bertz CT molecular complexity index is 641. The lowest BCUT2D eigenvalue weighted by Gasteiger charge is -2.09. The van der Waals surface area contributed by atoms with Crippen molar-refractivity contribution in [1.82, 2.24) is 9.97 Å². The Kier molecular flexibility index (Phi) is 3.49. The molecule has 0 spiro atoms. The van der Waals surface area contributed by atoms with Gasteiger partial charge in [-0.1, -0.05) is 17.7 Å². The van der Waals surface area contributed by atoms with Gasteiger partial charge in [-0.15, -0.1) is 0 Å². The average Bonchev–Trinajstić information content (AvgIpc) is 3.32. The molecule has 1 saturated carbocycles. The summed E-state index contributed by atoms with van der Waals surface area (Å²) in [6.07, 6.45) is 2.35. The van der Waals surface area contributed by atoms with Crippen molar-refractivity contribution in [2.45, 2.75) is 18.8 Å². The van der Waals surface area contributed by atoms with Crippen LogP contribution >= 0.6 is 11.6 Å². The predicted molar refractivity (Wildman–Crippen MR) is 80.6 cm³/mol. The molecular weight excluding hydrogens is 274 g/mol. The highest BCUT2D eigenvalue weighted by Crippen LogP contribution is 2.39. The summed E-state index contributed by atoms with van der Waals surface area (Å²) in [5.41, 5.74) is 1.87. The van der Waals surface area contributed by atoms with Crippen LogP contribution in [0.4, 0.5) is 5.82 Å². The van der Waals surface area contributed by atoms with E-state index in [9.17, 15) is 0 Å². The molecule has 0 aliphatic heterocycles. The van der Waals surface area contributed by atoms with E-state index in [1.165, 1.54) is 12.8 Å². The lowest BCUT2D eigenvalue weighted by molar-refractivity contribution is 0.415. The SMILES string of the molecule is CNc1cc(-c2ccc(Cl)c(OC)c2)nc(C2CC2)n1. The number of methoxy groups -OCH3 is 1. The van der Waals surface area contributed by atoms with Gasteiger partial charge in [-0.2, -0.15) is 0 Å². The van der Waals surface area contributed by atoms with Crippen LogP contribution in [0.5, 0.6) is 5.75 Å². The van der Waals surface area contributed by atoms with Crippen LogP contribution in [0.1, 0.15) is 24.6 Å². The minimum absolute atomic E-state index is 0.510. The molecule has 4 nitrogen and oxygen atoms in total. The molecular formula is C15H16ClN3O. The number of hydrogen-bond donors (Lipinski definition) is 1. The predicted octanol–water partition coefficient (Wildman–Crippen LogP) is 3.72. The van der Waals surface area contributed by atoms with Gasteiger partial charge < -0.3 is 10.1 Å². The first-order valence-electron chi connectivity index (χ1n) is 6.62. The van der Waals surface area contributed by atoms with Crippen molar-refractivity contribution in [2.75, 3.05) is 19.5 Å². The number of aromatic nitrogens is 2. The molecule has 3 rings (SSSR count). The summed E-state index contributed by atoms with van der Waals surface area (Å²) in [4.78, 5) is 9.19. The third-order valence-electron chi connectivity index (χ3n) is 3.39. The van der Waals surface area contributed by atoms with Gasteiger partial charge in [0.25, 0.3) is 0 Å².